The lowest BCUT2D eigenvalue weighted by Crippen LogP contribution is -2.24. The van der Waals surface area contributed by atoms with Crippen molar-refractivity contribution in [1.29, 1.82) is 0 Å². The van der Waals surface area contributed by atoms with E-state index in [1.807, 2.05) is 0 Å². The molecule has 20 heavy (non-hydrogen) atoms. The third-order valence-corrected chi connectivity index (χ3v) is 4.15. The highest BCUT2D eigenvalue weighted by Gasteiger charge is 2.19. The third kappa shape index (κ3) is 3.21. The number of rotatable bonds is 5. The van der Waals surface area contributed by atoms with Crippen molar-refractivity contribution in [1.82, 2.24) is 14.5 Å². The highest BCUT2D eigenvalue weighted by atomic mass is 32.2. The second-order valence-corrected chi connectivity index (χ2v) is 6.01. The van der Waals surface area contributed by atoms with Crippen LogP contribution in [-0.4, -0.2) is 18.2 Å². The predicted octanol–water partition coefficient (Wildman–Crippen LogP) is 0.496. The first-order chi connectivity index (χ1) is 9.42. The Morgan fingerprint density at radius 2 is 2.15 bits per heavy atom. The first-order valence-electron chi connectivity index (χ1n) is 5.89. The number of hydrogen-bond donors (Lipinski definition) is 2. The third-order valence-electron chi connectivity index (χ3n) is 2.73. The Kier molecular flexibility index (Phi) is 4.17. The van der Waals surface area contributed by atoms with Crippen LogP contribution in [0.4, 0.5) is 4.39 Å². The summed E-state index contributed by atoms with van der Waals surface area (Å²) in [5, 5.41) is 4.04. The summed E-state index contributed by atoms with van der Waals surface area (Å²) in [5.41, 5.74) is 6.52. The van der Waals surface area contributed by atoms with E-state index in [1.54, 1.807) is 24.0 Å². The number of nitrogens with one attached hydrogen (secondary N) is 1. The molecule has 0 bridgehead atoms. The van der Waals surface area contributed by atoms with E-state index in [4.69, 9.17) is 5.73 Å². The summed E-state index contributed by atoms with van der Waals surface area (Å²) in [6, 6.07) is 5.45. The lowest BCUT2D eigenvalue weighted by atomic mass is 10.2. The van der Waals surface area contributed by atoms with Crippen molar-refractivity contribution in [3.8, 4) is 0 Å². The Morgan fingerprint density at radius 1 is 1.40 bits per heavy atom. The molecule has 0 saturated carbocycles. The fourth-order valence-electron chi connectivity index (χ4n) is 1.68. The zero-order chi connectivity index (χ0) is 14.8. The summed E-state index contributed by atoms with van der Waals surface area (Å²) in [6.07, 6.45) is 1.69. The number of sulfonamides is 1. The molecule has 0 saturated heterocycles. The number of nitrogens with zero attached hydrogens (tertiary/aromatic N) is 2. The van der Waals surface area contributed by atoms with Crippen LogP contribution in [0.3, 0.4) is 0 Å². The number of hydrogen-bond acceptors (Lipinski definition) is 4. The van der Waals surface area contributed by atoms with Gasteiger partial charge in [-0.05, 0) is 23.8 Å². The zero-order valence-electron chi connectivity index (χ0n) is 10.9. The van der Waals surface area contributed by atoms with E-state index >= 15 is 0 Å². The molecule has 1 heterocycles. The van der Waals surface area contributed by atoms with Gasteiger partial charge in [0.2, 0.25) is 10.0 Å². The average molecular weight is 298 g/mol. The molecule has 2 rings (SSSR count). The van der Waals surface area contributed by atoms with Gasteiger partial charge in [0, 0.05) is 19.8 Å². The monoisotopic (exact) mass is 298 g/mol. The minimum absolute atomic E-state index is 0.00450. The molecule has 3 N–H and O–H groups in total. The van der Waals surface area contributed by atoms with Crippen LogP contribution in [0.25, 0.3) is 0 Å². The molecule has 0 spiro atoms. The molecule has 0 aliphatic rings. The van der Waals surface area contributed by atoms with Crippen LogP contribution >= 0.6 is 0 Å². The Bertz CT molecular complexity index is 712. The zero-order valence-corrected chi connectivity index (χ0v) is 11.7. The first-order valence-corrected chi connectivity index (χ1v) is 7.37. The van der Waals surface area contributed by atoms with E-state index in [1.165, 1.54) is 12.1 Å². The molecule has 0 fully saturated rings. The maximum absolute atomic E-state index is 13.7. The van der Waals surface area contributed by atoms with E-state index in [0.29, 0.717) is 11.3 Å². The van der Waals surface area contributed by atoms with Gasteiger partial charge in [0.15, 0.2) is 0 Å². The van der Waals surface area contributed by atoms with Gasteiger partial charge in [-0.25, -0.2) is 17.5 Å². The van der Waals surface area contributed by atoms with Crippen molar-refractivity contribution >= 4 is 10.0 Å². The molecule has 108 valence electrons. The van der Waals surface area contributed by atoms with Crippen LogP contribution in [0.2, 0.25) is 0 Å². The van der Waals surface area contributed by atoms with Crippen LogP contribution in [0, 0.1) is 5.82 Å². The van der Waals surface area contributed by atoms with Gasteiger partial charge in [-0.1, -0.05) is 6.07 Å². The quantitative estimate of drug-likeness (QED) is 0.841. The second kappa shape index (κ2) is 5.70. The molecule has 1 aromatic carbocycles. The fourth-order valence-corrected chi connectivity index (χ4v) is 2.81. The molecular formula is C12H15FN4O2S. The summed E-state index contributed by atoms with van der Waals surface area (Å²) in [5.74, 6) is -0.810. The summed E-state index contributed by atoms with van der Waals surface area (Å²) in [7, 11) is -2.22. The van der Waals surface area contributed by atoms with Crippen molar-refractivity contribution in [2.24, 2.45) is 12.8 Å². The molecule has 6 nitrogen and oxygen atoms in total. The number of halogens is 1. The van der Waals surface area contributed by atoms with Gasteiger partial charge >= 0.3 is 0 Å². The molecule has 0 atom stereocenters. The van der Waals surface area contributed by atoms with Crippen LogP contribution in [-0.2, 0) is 30.2 Å². The molecule has 2 aromatic rings. The SMILES string of the molecule is Cn1ccc(CNS(=O)(=O)c2cc(CN)ccc2F)n1. The maximum atomic E-state index is 13.7. The van der Waals surface area contributed by atoms with Gasteiger partial charge in [0.05, 0.1) is 12.2 Å². The minimum atomic E-state index is -3.94. The second-order valence-electron chi connectivity index (χ2n) is 4.27. The lowest BCUT2D eigenvalue weighted by molar-refractivity contribution is 0.555. The van der Waals surface area contributed by atoms with Gasteiger partial charge in [0.1, 0.15) is 10.7 Å². The Labute approximate surface area is 116 Å². The molecule has 0 aliphatic heterocycles. The van der Waals surface area contributed by atoms with Gasteiger partial charge in [-0.3, -0.25) is 4.68 Å². The fraction of sp³-hybridized carbons (Fsp3) is 0.250. The van der Waals surface area contributed by atoms with E-state index in [2.05, 4.69) is 9.82 Å². The summed E-state index contributed by atoms with van der Waals surface area (Å²) in [6.45, 7) is 0.137. The van der Waals surface area contributed by atoms with Crippen LogP contribution < -0.4 is 10.5 Å². The van der Waals surface area contributed by atoms with Crippen molar-refractivity contribution in [3.05, 3.63) is 47.5 Å². The molecule has 1 aromatic heterocycles. The topological polar surface area (TPSA) is 90.0 Å². The highest BCUT2D eigenvalue weighted by Crippen LogP contribution is 2.16. The van der Waals surface area contributed by atoms with Gasteiger partial charge < -0.3 is 5.73 Å². The standard InChI is InChI=1S/C12H15FN4O2S/c1-17-5-4-10(16-17)8-15-20(18,19)12-6-9(7-14)2-3-11(12)13/h2-6,15H,7-8,14H2,1H3. The Hall–Kier alpha value is -1.77. The summed E-state index contributed by atoms with van der Waals surface area (Å²) >= 11 is 0. The number of aromatic nitrogens is 2. The number of aryl methyl sites for hydroxylation is 1. The smallest absolute Gasteiger partial charge is 0.243 e. The molecule has 0 radical (unpaired) electrons. The van der Waals surface area contributed by atoms with Crippen molar-refractivity contribution in [2.45, 2.75) is 18.0 Å². The van der Waals surface area contributed by atoms with Gasteiger partial charge in [0.25, 0.3) is 0 Å². The molecule has 0 aliphatic carbocycles. The number of benzene rings is 1. The normalized spacial score (nSPS) is 11.8. The van der Waals surface area contributed by atoms with E-state index in [9.17, 15) is 12.8 Å². The molecule has 0 amide bonds. The highest BCUT2D eigenvalue weighted by molar-refractivity contribution is 7.89. The minimum Gasteiger partial charge on any atom is -0.326 e. The average Bonchev–Trinajstić information content (AvgIpc) is 2.83. The summed E-state index contributed by atoms with van der Waals surface area (Å²) in [4.78, 5) is -0.406. The maximum Gasteiger partial charge on any atom is 0.243 e. The van der Waals surface area contributed by atoms with E-state index < -0.39 is 20.7 Å². The predicted molar refractivity (Wildman–Crippen MR) is 71.5 cm³/mol. The Balaban J connectivity index is 2.21. The van der Waals surface area contributed by atoms with E-state index in [-0.39, 0.29) is 13.1 Å². The van der Waals surface area contributed by atoms with Gasteiger partial charge in [-0.15, -0.1) is 0 Å². The lowest BCUT2D eigenvalue weighted by Gasteiger charge is -2.08. The molecule has 0 unspecified atom stereocenters. The first kappa shape index (κ1) is 14.6. The largest absolute Gasteiger partial charge is 0.326 e. The summed E-state index contributed by atoms with van der Waals surface area (Å²) < 4.78 is 41.7. The number of nitrogens with two attached hydrogens (primary N) is 1. The van der Waals surface area contributed by atoms with Crippen LogP contribution in [0.15, 0.2) is 35.4 Å². The van der Waals surface area contributed by atoms with E-state index in [0.717, 1.165) is 6.07 Å². The molecular weight excluding hydrogens is 283 g/mol. The van der Waals surface area contributed by atoms with Crippen molar-refractivity contribution in [3.63, 3.8) is 0 Å². The van der Waals surface area contributed by atoms with Gasteiger partial charge in [-0.2, -0.15) is 5.10 Å². The Morgan fingerprint density at radius 3 is 2.75 bits per heavy atom. The molecule has 8 heteroatoms. The van der Waals surface area contributed by atoms with Crippen molar-refractivity contribution in [2.75, 3.05) is 0 Å². The van der Waals surface area contributed by atoms with Crippen molar-refractivity contribution < 1.29 is 12.8 Å². The van der Waals surface area contributed by atoms with Crippen LogP contribution in [0.1, 0.15) is 11.3 Å². The van der Waals surface area contributed by atoms with Crippen LogP contribution in [0.5, 0.6) is 0 Å².